The van der Waals surface area contributed by atoms with Crippen molar-refractivity contribution in [3.05, 3.63) is 65.9 Å². The number of nitrogens with zero attached hydrogens (tertiary/aromatic N) is 5. The molecular formula is C25H27N5O2S. The fraction of sp³-hybridized carbons (Fsp3) is 0.320. The van der Waals surface area contributed by atoms with Gasteiger partial charge in [-0.1, -0.05) is 23.9 Å². The van der Waals surface area contributed by atoms with Crippen LogP contribution >= 0.6 is 11.8 Å². The van der Waals surface area contributed by atoms with Crippen molar-refractivity contribution in [3.63, 3.8) is 0 Å². The average Bonchev–Trinajstić information content (AvgIpc) is 3.35. The summed E-state index contributed by atoms with van der Waals surface area (Å²) in [5.74, 6) is 2.02. The number of nitriles is 1. The van der Waals surface area contributed by atoms with Gasteiger partial charge in [0, 0.05) is 24.0 Å². The smallest absolute Gasteiger partial charge is 0.232 e. The third kappa shape index (κ3) is 5.75. The van der Waals surface area contributed by atoms with Crippen LogP contribution in [0.15, 0.2) is 64.5 Å². The molecule has 0 saturated carbocycles. The van der Waals surface area contributed by atoms with Gasteiger partial charge in [-0.2, -0.15) is 10.2 Å². The van der Waals surface area contributed by atoms with E-state index in [1.165, 1.54) is 11.8 Å². The van der Waals surface area contributed by atoms with Crippen molar-refractivity contribution >= 4 is 17.7 Å². The Morgan fingerprint density at radius 1 is 1.21 bits per heavy atom. The number of aromatic nitrogens is 2. The fourth-order valence-electron chi connectivity index (χ4n) is 3.66. The molecule has 1 aliphatic heterocycles. The summed E-state index contributed by atoms with van der Waals surface area (Å²) < 4.78 is 11.5. The number of likely N-dealkylation sites (N-methyl/N-ethyl adjacent to an activating group) is 1. The summed E-state index contributed by atoms with van der Waals surface area (Å²) in [5, 5.41) is 9.05. The highest BCUT2D eigenvalue weighted by Crippen LogP contribution is 2.35. The van der Waals surface area contributed by atoms with Gasteiger partial charge >= 0.3 is 0 Å². The van der Waals surface area contributed by atoms with Gasteiger partial charge in [-0.25, -0.2) is 4.98 Å². The molecule has 0 unspecified atom stereocenters. The minimum Gasteiger partial charge on any atom is -0.497 e. The van der Waals surface area contributed by atoms with Crippen molar-refractivity contribution in [1.29, 1.82) is 5.26 Å². The Morgan fingerprint density at radius 2 is 2.03 bits per heavy atom. The first-order chi connectivity index (χ1) is 16.1. The second kappa shape index (κ2) is 10.6. The lowest BCUT2D eigenvalue weighted by Crippen LogP contribution is -2.32. The summed E-state index contributed by atoms with van der Waals surface area (Å²) in [6, 6.07) is 17.9. The Bertz CT molecular complexity index is 1130. The van der Waals surface area contributed by atoms with Gasteiger partial charge in [0.15, 0.2) is 0 Å². The quantitative estimate of drug-likeness (QED) is 0.493. The standard InChI is InChI=1S/C25H27N5O2S/c1-29(2)20-11-12-30(16-20)25-27-15-23(33-22-9-7-18(14-26)8-10-22)24(28-25)32-17-19-5-4-6-21(13-19)31-3/h4-10,13,15,20H,11-12,16-17H2,1-3H3/t20-/m1/s1. The molecule has 0 aliphatic carbocycles. The van der Waals surface area contributed by atoms with Gasteiger partial charge in [0.1, 0.15) is 12.4 Å². The van der Waals surface area contributed by atoms with E-state index >= 15 is 0 Å². The van der Waals surface area contributed by atoms with Crippen molar-refractivity contribution in [3.8, 4) is 17.7 Å². The molecule has 33 heavy (non-hydrogen) atoms. The van der Waals surface area contributed by atoms with Gasteiger partial charge in [-0.15, -0.1) is 0 Å². The molecule has 4 rings (SSSR count). The number of hydrogen-bond acceptors (Lipinski definition) is 8. The van der Waals surface area contributed by atoms with E-state index in [4.69, 9.17) is 19.7 Å². The average molecular weight is 462 g/mol. The van der Waals surface area contributed by atoms with E-state index < -0.39 is 0 Å². The zero-order valence-electron chi connectivity index (χ0n) is 19.1. The summed E-state index contributed by atoms with van der Waals surface area (Å²) in [6.45, 7) is 2.18. The molecular weight excluding hydrogens is 434 g/mol. The lowest BCUT2D eigenvalue weighted by Gasteiger charge is -2.21. The van der Waals surface area contributed by atoms with E-state index in [-0.39, 0.29) is 0 Å². The molecule has 8 heteroatoms. The number of hydrogen-bond donors (Lipinski definition) is 0. The molecule has 0 amide bonds. The summed E-state index contributed by atoms with van der Waals surface area (Å²) in [4.78, 5) is 15.7. The van der Waals surface area contributed by atoms with Crippen LogP contribution < -0.4 is 14.4 Å². The van der Waals surface area contributed by atoms with Crippen LogP contribution in [0.25, 0.3) is 0 Å². The van der Waals surface area contributed by atoms with Crippen molar-refractivity contribution in [2.45, 2.75) is 28.9 Å². The van der Waals surface area contributed by atoms with Crippen LogP contribution in [0, 0.1) is 11.3 Å². The van der Waals surface area contributed by atoms with E-state index in [2.05, 4.69) is 34.9 Å². The van der Waals surface area contributed by atoms with Crippen LogP contribution in [0.2, 0.25) is 0 Å². The van der Waals surface area contributed by atoms with Gasteiger partial charge in [0.25, 0.3) is 0 Å². The largest absolute Gasteiger partial charge is 0.497 e. The van der Waals surface area contributed by atoms with Crippen LogP contribution in [0.4, 0.5) is 5.95 Å². The van der Waals surface area contributed by atoms with Gasteiger partial charge in [-0.3, -0.25) is 0 Å². The lowest BCUT2D eigenvalue weighted by atomic mass is 10.2. The number of rotatable bonds is 8. The molecule has 0 radical (unpaired) electrons. The zero-order valence-corrected chi connectivity index (χ0v) is 19.9. The molecule has 0 spiro atoms. The SMILES string of the molecule is COc1cccc(COc2nc(N3CC[C@@H](N(C)C)C3)ncc2Sc2ccc(C#N)cc2)c1. The molecule has 7 nitrogen and oxygen atoms in total. The van der Waals surface area contributed by atoms with Crippen molar-refractivity contribution in [1.82, 2.24) is 14.9 Å². The predicted octanol–water partition coefficient (Wildman–Crippen LogP) is 4.23. The van der Waals surface area contributed by atoms with E-state index in [9.17, 15) is 0 Å². The van der Waals surface area contributed by atoms with Gasteiger partial charge in [0.2, 0.25) is 11.8 Å². The Kier molecular flexibility index (Phi) is 7.33. The topological polar surface area (TPSA) is 74.5 Å². The van der Waals surface area contributed by atoms with Crippen LogP contribution in [0.1, 0.15) is 17.5 Å². The van der Waals surface area contributed by atoms with Crippen LogP contribution in [-0.4, -0.2) is 55.2 Å². The number of methoxy groups -OCH3 is 1. The molecule has 1 aromatic heterocycles. The third-order valence-electron chi connectivity index (χ3n) is 5.61. The Morgan fingerprint density at radius 3 is 2.73 bits per heavy atom. The molecule has 1 fully saturated rings. The second-order valence-corrected chi connectivity index (χ2v) is 9.19. The first-order valence-corrected chi connectivity index (χ1v) is 11.6. The highest BCUT2D eigenvalue weighted by molar-refractivity contribution is 7.99. The van der Waals surface area contributed by atoms with E-state index in [0.29, 0.717) is 30.0 Å². The summed E-state index contributed by atoms with van der Waals surface area (Å²) in [6.07, 6.45) is 2.91. The maximum absolute atomic E-state index is 9.05. The Labute approximate surface area is 199 Å². The summed E-state index contributed by atoms with van der Waals surface area (Å²) >= 11 is 1.52. The zero-order chi connectivity index (χ0) is 23.2. The van der Waals surface area contributed by atoms with Crippen molar-refractivity contribution in [2.75, 3.05) is 39.2 Å². The summed E-state index contributed by atoms with van der Waals surface area (Å²) in [7, 11) is 5.87. The lowest BCUT2D eigenvalue weighted by molar-refractivity contribution is 0.284. The normalized spacial score (nSPS) is 15.5. The van der Waals surface area contributed by atoms with E-state index in [0.717, 1.165) is 40.6 Å². The van der Waals surface area contributed by atoms with Gasteiger partial charge in [-0.05, 0) is 62.5 Å². The highest BCUT2D eigenvalue weighted by Gasteiger charge is 2.26. The van der Waals surface area contributed by atoms with Crippen LogP contribution in [-0.2, 0) is 6.61 Å². The van der Waals surface area contributed by atoms with Gasteiger partial charge < -0.3 is 19.3 Å². The van der Waals surface area contributed by atoms with Crippen LogP contribution in [0.5, 0.6) is 11.6 Å². The molecule has 3 aromatic rings. The molecule has 1 aliphatic rings. The molecule has 0 N–H and O–H groups in total. The molecule has 0 bridgehead atoms. The first-order valence-electron chi connectivity index (χ1n) is 10.8. The van der Waals surface area contributed by atoms with E-state index in [1.807, 2.05) is 42.6 Å². The Balaban J connectivity index is 1.58. The number of ether oxygens (including phenoxy) is 2. The predicted molar refractivity (Wildman–Crippen MR) is 129 cm³/mol. The molecule has 1 saturated heterocycles. The third-order valence-corrected chi connectivity index (χ3v) is 6.61. The summed E-state index contributed by atoms with van der Waals surface area (Å²) in [5.41, 5.74) is 1.63. The number of anilines is 1. The minimum atomic E-state index is 0.370. The van der Waals surface area contributed by atoms with Crippen LogP contribution in [0.3, 0.4) is 0 Å². The molecule has 2 aromatic carbocycles. The number of benzene rings is 2. The highest BCUT2D eigenvalue weighted by atomic mass is 32.2. The fourth-order valence-corrected chi connectivity index (χ4v) is 4.48. The van der Waals surface area contributed by atoms with E-state index in [1.54, 1.807) is 19.2 Å². The van der Waals surface area contributed by atoms with Crippen molar-refractivity contribution < 1.29 is 9.47 Å². The van der Waals surface area contributed by atoms with Gasteiger partial charge in [0.05, 0.1) is 29.8 Å². The van der Waals surface area contributed by atoms with Crippen molar-refractivity contribution in [2.24, 2.45) is 0 Å². The molecule has 2 heterocycles. The Hall–Kier alpha value is -3.28. The molecule has 170 valence electrons. The molecule has 1 atom stereocenters. The monoisotopic (exact) mass is 461 g/mol. The minimum absolute atomic E-state index is 0.370. The maximum atomic E-state index is 9.05. The first kappa shape index (κ1) is 22.9. The maximum Gasteiger partial charge on any atom is 0.232 e. The second-order valence-electron chi connectivity index (χ2n) is 8.07.